The second-order valence-corrected chi connectivity index (χ2v) is 12.4. The number of imidazole rings is 1. The number of fused-ring (bicyclic) bond motifs is 1. The Hall–Kier alpha value is -5.22. The summed E-state index contributed by atoms with van der Waals surface area (Å²) in [5, 5.41) is 3.85. The SMILES string of the molecule is CCc1nc2cccc(C(=O)OCc3ccccc3)c2n1Cc1ccc(-c2ccccc2S(=O)(=O)Nc2onc(C)c2C)cc1. The van der Waals surface area contributed by atoms with Crippen molar-refractivity contribution in [2.75, 3.05) is 4.72 Å². The van der Waals surface area contributed by atoms with E-state index in [1.165, 1.54) is 0 Å². The molecule has 9 nitrogen and oxygen atoms in total. The molecule has 0 bridgehead atoms. The molecule has 6 rings (SSSR count). The summed E-state index contributed by atoms with van der Waals surface area (Å²) in [5.41, 5.74) is 6.31. The summed E-state index contributed by atoms with van der Waals surface area (Å²) in [7, 11) is -3.96. The average Bonchev–Trinajstić information content (AvgIpc) is 3.58. The second kappa shape index (κ2) is 12.4. The molecule has 0 aliphatic rings. The van der Waals surface area contributed by atoms with Crippen molar-refractivity contribution in [2.45, 2.75) is 45.2 Å². The third-order valence-electron chi connectivity index (χ3n) is 7.76. The molecule has 0 saturated heterocycles. The molecular weight excluding hydrogens is 588 g/mol. The van der Waals surface area contributed by atoms with Crippen molar-refractivity contribution in [1.29, 1.82) is 0 Å². The van der Waals surface area contributed by atoms with Crippen LogP contribution >= 0.6 is 0 Å². The van der Waals surface area contributed by atoms with Crippen molar-refractivity contribution in [3.05, 3.63) is 131 Å². The van der Waals surface area contributed by atoms with Gasteiger partial charge >= 0.3 is 5.97 Å². The number of hydrogen-bond donors (Lipinski definition) is 1. The molecular formula is C35H32N4O5S. The molecule has 228 valence electrons. The Morgan fingerprint density at radius 1 is 0.889 bits per heavy atom. The first-order valence-corrected chi connectivity index (χ1v) is 16.1. The van der Waals surface area contributed by atoms with Gasteiger partial charge in [0.1, 0.15) is 12.4 Å². The van der Waals surface area contributed by atoms with E-state index in [2.05, 4.69) is 9.88 Å². The monoisotopic (exact) mass is 620 g/mol. The predicted molar refractivity (Wildman–Crippen MR) is 172 cm³/mol. The van der Waals surface area contributed by atoms with E-state index in [-0.39, 0.29) is 17.4 Å². The molecule has 0 aliphatic heterocycles. The number of hydrogen-bond acceptors (Lipinski definition) is 7. The predicted octanol–water partition coefficient (Wildman–Crippen LogP) is 7.08. The van der Waals surface area contributed by atoms with E-state index < -0.39 is 16.0 Å². The van der Waals surface area contributed by atoms with Gasteiger partial charge in [-0.2, -0.15) is 0 Å². The normalized spacial score (nSPS) is 11.5. The van der Waals surface area contributed by atoms with Crippen LogP contribution in [0.15, 0.2) is 106 Å². The topological polar surface area (TPSA) is 116 Å². The van der Waals surface area contributed by atoms with Crippen LogP contribution in [0.1, 0.15) is 45.5 Å². The molecule has 0 amide bonds. The number of aryl methyl sites for hydroxylation is 2. The van der Waals surface area contributed by atoms with Gasteiger partial charge in [-0.15, -0.1) is 0 Å². The minimum absolute atomic E-state index is 0.0975. The van der Waals surface area contributed by atoms with Crippen molar-refractivity contribution in [2.24, 2.45) is 0 Å². The van der Waals surface area contributed by atoms with Gasteiger partial charge in [-0.25, -0.2) is 22.9 Å². The lowest BCUT2D eigenvalue weighted by molar-refractivity contribution is 0.0474. The number of aromatic nitrogens is 3. The Morgan fingerprint density at radius 2 is 1.62 bits per heavy atom. The number of esters is 1. The van der Waals surface area contributed by atoms with Gasteiger partial charge in [-0.3, -0.25) is 0 Å². The smallest absolute Gasteiger partial charge is 0.340 e. The molecule has 2 aromatic heterocycles. The summed E-state index contributed by atoms with van der Waals surface area (Å²) in [4.78, 5) is 18.2. The Morgan fingerprint density at radius 3 is 2.33 bits per heavy atom. The number of nitrogens with one attached hydrogen (secondary N) is 1. The first kappa shape index (κ1) is 29.8. The van der Waals surface area contributed by atoms with Gasteiger partial charge in [0.15, 0.2) is 0 Å². The van der Waals surface area contributed by atoms with Crippen LogP contribution in [0.3, 0.4) is 0 Å². The van der Waals surface area contributed by atoms with Gasteiger partial charge in [0.2, 0.25) is 5.88 Å². The average molecular weight is 621 g/mol. The third-order valence-corrected chi connectivity index (χ3v) is 9.15. The van der Waals surface area contributed by atoms with Crippen LogP contribution in [0, 0.1) is 13.8 Å². The number of anilines is 1. The first-order chi connectivity index (χ1) is 21.7. The number of rotatable bonds is 10. The lowest BCUT2D eigenvalue weighted by Gasteiger charge is -2.13. The molecule has 0 saturated carbocycles. The number of benzene rings is 4. The number of ether oxygens (including phenoxy) is 1. The van der Waals surface area contributed by atoms with E-state index in [0.717, 1.165) is 33.5 Å². The van der Waals surface area contributed by atoms with E-state index >= 15 is 0 Å². The van der Waals surface area contributed by atoms with E-state index in [1.54, 1.807) is 44.2 Å². The molecule has 0 unspecified atom stereocenters. The van der Waals surface area contributed by atoms with Crippen LogP contribution in [0.5, 0.6) is 0 Å². The second-order valence-electron chi connectivity index (χ2n) is 10.7. The largest absolute Gasteiger partial charge is 0.457 e. The highest BCUT2D eigenvalue weighted by atomic mass is 32.2. The number of sulfonamides is 1. The Labute approximate surface area is 261 Å². The molecule has 10 heteroatoms. The van der Waals surface area contributed by atoms with E-state index in [4.69, 9.17) is 14.2 Å². The van der Waals surface area contributed by atoms with E-state index in [0.29, 0.717) is 35.3 Å². The standard InChI is InChI=1S/C35H32N4O5S/c1-4-32-36-30-15-10-14-29(35(40)43-22-26-11-6-5-7-12-26)33(30)39(32)21-25-17-19-27(20-18-25)28-13-8-9-16-31(28)45(41,42)38-34-23(2)24(3)37-44-34/h5-20,38H,4,21-22H2,1-3H3. The first-order valence-electron chi connectivity index (χ1n) is 14.6. The summed E-state index contributed by atoms with van der Waals surface area (Å²) in [6.45, 7) is 6.17. The molecule has 1 N–H and O–H groups in total. The highest BCUT2D eigenvalue weighted by Gasteiger charge is 2.23. The van der Waals surface area contributed by atoms with Gasteiger partial charge in [0, 0.05) is 24.1 Å². The highest BCUT2D eigenvalue weighted by molar-refractivity contribution is 7.92. The van der Waals surface area contributed by atoms with Gasteiger partial charge in [-0.1, -0.05) is 90.9 Å². The molecule has 0 spiro atoms. The zero-order chi connectivity index (χ0) is 31.6. The maximum absolute atomic E-state index is 13.4. The van der Waals surface area contributed by atoms with Crippen LogP contribution in [0.4, 0.5) is 5.88 Å². The Kier molecular flexibility index (Phi) is 8.23. The zero-order valence-electron chi connectivity index (χ0n) is 25.2. The fourth-order valence-electron chi connectivity index (χ4n) is 5.24. The Bertz CT molecular complexity index is 2100. The third kappa shape index (κ3) is 6.09. The van der Waals surface area contributed by atoms with Gasteiger partial charge < -0.3 is 13.8 Å². The molecule has 0 radical (unpaired) electrons. The van der Waals surface area contributed by atoms with Crippen molar-refractivity contribution in [1.82, 2.24) is 14.7 Å². The van der Waals surface area contributed by atoms with Crippen LogP contribution in [0.2, 0.25) is 0 Å². The van der Waals surface area contributed by atoms with Crippen molar-refractivity contribution < 1.29 is 22.5 Å². The fourth-order valence-corrected chi connectivity index (χ4v) is 6.52. The highest BCUT2D eigenvalue weighted by Crippen LogP contribution is 2.31. The van der Waals surface area contributed by atoms with Crippen molar-refractivity contribution in [3.63, 3.8) is 0 Å². The minimum Gasteiger partial charge on any atom is -0.457 e. The van der Waals surface area contributed by atoms with Crippen LogP contribution < -0.4 is 4.72 Å². The molecule has 45 heavy (non-hydrogen) atoms. The van der Waals surface area contributed by atoms with E-state index in [9.17, 15) is 13.2 Å². The summed E-state index contributed by atoms with van der Waals surface area (Å²) < 4.78 is 42.2. The maximum atomic E-state index is 13.4. The lowest BCUT2D eigenvalue weighted by atomic mass is 10.0. The maximum Gasteiger partial charge on any atom is 0.340 e. The number of para-hydroxylation sites is 1. The lowest BCUT2D eigenvalue weighted by Crippen LogP contribution is -2.14. The van der Waals surface area contributed by atoms with Crippen molar-refractivity contribution in [3.8, 4) is 11.1 Å². The van der Waals surface area contributed by atoms with Gasteiger partial charge in [0.05, 0.1) is 27.2 Å². The number of carbonyl (C=O) groups excluding carboxylic acids is 1. The zero-order valence-corrected chi connectivity index (χ0v) is 26.0. The van der Waals surface area contributed by atoms with Gasteiger partial charge in [-0.05, 0) is 48.7 Å². The molecule has 0 fully saturated rings. The molecule has 0 atom stereocenters. The van der Waals surface area contributed by atoms with Crippen molar-refractivity contribution >= 4 is 32.9 Å². The summed E-state index contributed by atoms with van der Waals surface area (Å²) in [5.74, 6) is 0.531. The molecule has 4 aromatic carbocycles. The van der Waals surface area contributed by atoms with Crippen LogP contribution in [0.25, 0.3) is 22.2 Å². The number of carbonyl (C=O) groups is 1. The summed E-state index contributed by atoms with van der Waals surface area (Å²) in [6.07, 6.45) is 0.674. The molecule has 0 aliphatic carbocycles. The van der Waals surface area contributed by atoms with Crippen LogP contribution in [-0.2, 0) is 34.3 Å². The fraction of sp³-hybridized carbons (Fsp3) is 0.171. The van der Waals surface area contributed by atoms with Crippen LogP contribution in [-0.4, -0.2) is 29.1 Å². The summed E-state index contributed by atoms with van der Waals surface area (Å²) in [6, 6.07) is 29.6. The summed E-state index contributed by atoms with van der Waals surface area (Å²) >= 11 is 0. The minimum atomic E-state index is -3.96. The number of nitrogens with zero attached hydrogens (tertiary/aromatic N) is 3. The Balaban J connectivity index is 1.28. The quantitative estimate of drug-likeness (QED) is 0.163. The van der Waals surface area contributed by atoms with Gasteiger partial charge in [0.25, 0.3) is 10.0 Å². The van der Waals surface area contributed by atoms with E-state index in [1.807, 2.05) is 78.2 Å². The molecule has 6 aromatic rings. The molecule has 2 heterocycles.